The van der Waals surface area contributed by atoms with Crippen molar-refractivity contribution in [1.82, 2.24) is 14.8 Å². The smallest absolute Gasteiger partial charge is 0.273 e. The zero-order valence-electron chi connectivity index (χ0n) is 14.3. The molecule has 3 atom stereocenters. The molecule has 6 nitrogen and oxygen atoms in total. The van der Waals surface area contributed by atoms with Crippen molar-refractivity contribution < 1.29 is 14.0 Å². The van der Waals surface area contributed by atoms with Crippen LogP contribution in [0, 0.1) is 17.7 Å². The van der Waals surface area contributed by atoms with Gasteiger partial charge in [0.05, 0.1) is 6.04 Å². The van der Waals surface area contributed by atoms with Crippen molar-refractivity contribution in [3.63, 3.8) is 0 Å². The number of hydrogen-bond donors (Lipinski definition) is 1. The van der Waals surface area contributed by atoms with Gasteiger partial charge in [0.25, 0.3) is 5.91 Å². The average Bonchev–Trinajstić information content (AvgIpc) is 3.27. The molecule has 2 N–H and O–H groups in total. The molecule has 8 heteroatoms. The van der Waals surface area contributed by atoms with Crippen molar-refractivity contribution in [2.75, 3.05) is 25.4 Å². The molecule has 2 aromatic rings. The molecule has 0 aliphatic carbocycles. The molecule has 1 aromatic carbocycles. The zero-order valence-corrected chi connectivity index (χ0v) is 15.1. The summed E-state index contributed by atoms with van der Waals surface area (Å²) in [7, 11) is 0. The van der Waals surface area contributed by atoms with E-state index in [2.05, 4.69) is 4.98 Å². The van der Waals surface area contributed by atoms with E-state index in [0.717, 1.165) is 5.56 Å². The molecule has 2 aliphatic rings. The van der Waals surface area contributed by atoms with Gasteiger partial charge in [0.1, 0.15) is 11.5 Å². The number of carbonyl (C=O) groups is 2. The quantitative estimate of drug-likeness (QED) is 0.874. The molecular weight excluding hydrogens is 355 g/mol. The summed E-state index contributed by atoms with van der Waals surface area (Å²) in [5.41, 5.74) is 6.76. The maximum atomic E-state index is 13.7. The molecule has 0 saturated carbocycles. The third-order valence-corrected chi connectivity index (χ3v) is 5.96. The van der Waals surface area contributed by atoms with Gasteiger partial charge in [0, 0.05) is 43.8 Å². The van der Waals surface area contributed by atoms with E-state index in [-0.39, 0.29) is 35.5 Å². The molecule has 4 rings (SSSR count). The summed E-state index contributed by atoms with van der Waals surface area (Å²) in [6, 6.07) is 6.16. The Morgan fingerprint density at radius 1 is 1.31 bits per heavy atom. The Bertz CT molecular complexity index is 870. The van der Waals surface area contributed by atoms with Crippen molar-refractivity contribution in [3.8, 4) is 0 Å². The number of aromatic nitrogens is 1. The maximum Gasteiger partial charge on any atom is 0.273 e. The summed E-state index contributed by atoms with van der Waals surface area (Å²) in [6.07, 6.45) is 0. The second-order valence-corrected chi connectivity index (χ2v) is 7.77. The molecule has 26 heavy (non-hydrogen) atoms. The van der Waals surface area contributed by atoms with Gasteiger partial charge in [-0.1, -0.05) is 12.1 Å². The topological polar surface area (TPSA) is 79.5 Å². The van der Waals surface area contributed by atoms with Crippen LogP contribution in [0.3, 0.4) is 0 Å². The first-order valence-corrected chi connectivity index (χ1v) is 9.35. The highest BCUT2D eigenvalue weighted by Gasteiger charge is 2.49. The molecule has 0 bridgehead atoms. The van der Waals surface area contributed by atoms with Gasteiger partial charge in [-0.3, -0.25) is 9.59 Å². The van der Waals surface area contributed by atoms with E-state index in [9.17, 15) is 14.0 Å². The molecular formula is C18H19FN4O2S. The van der Waals surface area contributed by atoms with Crippen LogP contribution in [0.15, 0.2) is 29.6 Å². The monoisotopic (exact) mass is 374 g/mol. The van der Waals surface area contributed by atoms with E-state index in [4.69, 9.17) is 5.73 Å². The van der Waals surface area contributed by atoms with E-state index in [0.29, 0.717) is 30.5 Å². The molecule has 3 heterocycles. The Labute approximate surface area is 154 Å². The third kappa shape index (κ3) is 2.84. The SMILES string of the molecule is CC(=O)N1C[C@H]2CN(C(=O)c3csc(N)n3)C[C@H]2[C@H]1c1cccc(F)c1. The van der Waals surface area contributed by atoms with Crippen molar-refractivity contribution in [2.45, 2.75) is 13.0 Å². The van der Waals surface area contributed by atoms with Crippen LogP contribution < -0.4 is 5.73 Å². The largest absolute Gasteiger partial charge is 0.375 e. The molecule has 0 spiro atoms. The predicted octanol–water partition coefficient (Wildman–Crippen LogP) is 2.16. The van der Waals surface area contributed by atoms with Crippen molar-refractivity contribution in [2.24, 2.45) is 11.8 Å². The van der Waals surface area contributed by atoms with E-state index < -0.39 is 0 Å². The Morgan fingerprint density at radius 3 is 2.77 bits per heavy atom. The van der Waals surface area contributed by atoms with Gasteiger partial charge in [0.15, 0.2) is 5.13 Å². The van der Waals surface area contributed by atoms with Gasteiger partial charge < -0.3 is 15.5 Å². The predicted molar refractivity (Wildman–Crippen MR) is 95.9 cm³/mol. The normalized spacial score (nSPS) is 24.8. The Kier molecular flexibility index (Phi) is 4.14. The minimum absolute atomic E-state index is 0.0289. The number of hydrogen-bond acceptors (Lipinski definition) is 5. The first-order chi connectivity index (χ1) is 12.4. The van der Waals surface area contributed by atoms with Crippen LogP contribution in [-0.4, -0.2) is 46.2 Å². The highest BCUT2D eigenvalue weighted by atomic mass is 32.1. The van der Waals surface area contributed by atoms with Crippen LogP contribution in [0.25, 0.3) is 0 Å². The number of nitrogens with zero attached hydrogens (tertiary/aromatic N) is 3. The molecule has 2 saturated heterocycles. The minimum atomic E-state index is -0.321. The number of likely N-dealkylation sites (tertiary alicyclic amines) is 2. The maximum absolute atomic E-state index is 13.7. The van der Waals surface area contributed by atoms with Crippen LogP contribution in [0.1, 0.15) is 29.0 Å². The highest BCUT2D eigenvalue weighted by molar-refractivity contribution is 7.13. The number of nitrogens with two attached hydrogens (primary N) is 1. The fourth-order valence-electron chi connectivity index (χ4n) is 4.20. The van der Waals surface area contributed by atoms with Crippen LogP contribution in [-0.2, 0) is 4.79 Å². The van der Waals surface area contributed by atoms with Gasteiger partial charge in [-0.25, -0.2) is 9.37 Å². The molecule has 136 valence electrons. The molecule has 2 fully saturated rings. The molecule has 2 amide bonds. The second-order valence-electron chi connectivity index (χ2n) is 6.88. The minimum Gasteiger partial charge on any atom is -0.375 e. The van der Waals surface area contributed by atoms with Crippen LogP contribution >= 0.6 is 11.3 Å². The van der Waals surface area contributed by atoms with E-state index in [1.807, 2.05) is 6.07 Å². The number of nitrogen functional groups attached to an aromatic ring is 1. The van der Waals surface area contributed by atoms with Gasteiger partial charge >= 0.3 is 0 Å². The van der Waals surface area contributed by atoms with Crippen molar-refractivity contribution in [1.29, 1.82) is 0 Å². The number of rotatable bonds is 2. The Morgan fingerprint density at radius 2 is 2.12 bits per heavy atom. The standard InChI is InChI=1S/C18H19FN4O2S/c1-10(24)23-7-12-6-22(17(25)15-9-26-18(20)21-15)8-14(12)16(23)11-3-2-4-13(19)5-11/h2-5,9,12,14,16H,6-8H2,1H3,(H2,20,21)/t12-,14-,16-/m1/s1. The van der Waals surface area contributed by atoms with E-state index >= 15 is 0 Å². The Hall–Kier alpha value is -2.48. The van der Waals surface area contributed by atoms with Crippen LogP contribution in [0.2, 0.25) is 0 Å². The number of anilines is 1. The summed E-state index contributed by atoms with van der Waals surface area (Å²) >= 11 is 1.24. The molecule has 0 radical (unpaired) electrons. The fourth-order valence-corrected chi connectivity index (χ4v) is 4.74. The number of benzene rings is 1. The van der Waals surface area contributed by atoms with Crippen LogP contribution in [0.5, 0.6) is 0 Å². The van der Waals surface area contributed by atoms with Gasteiger partial charge in [-0.2, -0.15) is 0 Å². The molecule has 0 unspecified atom stereocenters. The highest BCUT2D eigenvalue weighted by Crippen LogP contribution is 2.45. The molecule has 2 aliphatic heterocycles. The summed E-state index contributed by atoms with van der Waals surface area (Å²) in [4.78, 5) is 32.4. The number of halogens is 1. The first kappa shape index (κ1) is 17.0. The summed E-state index contributed by atoms with van der Waals surface area (Å²) in [5, 5.41) is 2.03. The lowest BCUT2D eigenvalue weighted by molar-refractivity contribution is -0.130. The second kappa shape index (κ2) is 6.35. The summed E-state index contributed by atoms with van der Waals surface area (Å²) in [6.45, 7) is 3.20. The summed E-state index contributed by atoms with van der Waals surface area (Å²) < 4.78 is 13.7. The number of fused-ring (bicyclic) bond motifs is 1. The lowest BCUT2D eigenvalue weighted by Crippen LogP contribution is -2.36. The van der Waals surface area contributed by atoms with Gasteiger partial charge in [-0.05, 0) is 17.7 Å². The van der Waals surface area contributed by atoms with E-state index in [1.165, 1.54) is 30.4 Å². The Balaban J connectivity index is 1.60. The molecule has 1 aromatic heterocycles. The average molecular weight is 374 g/mol. The first-order valence-electron chi connectivity index (χ1n) is 8.47. The van der Waals surface area contributed by atoms with E-state index in [1.54, 1.807) is 21.2 Å². The number of carbonyl (C=O) groups excluding carboxylic acids is 2. The van der Waals surface area contributed by atoms with Crippen molar-refractivity contribution in [3.05, 3.63) is 46.7 Å². The third-order valence-electron chi connectivity index (χ3n) is 5.29. The summed E-state index contributed by atoms with van der Waals surface area (Å²) in [5.74, 6) is -0.232. The number of amides is 2. The van der Waals surface area contributed by atoms with Gasteiger partial charge in [0.2, 0.25) is 5.91 Å². The lowest BCUT2D eigenvalue weighted by atomic mass is 9.89. The number of thiazole rings is 1. The van der Waals surface area contributed by atoms with Crippen LogP contribution in [0.4, 0.5) is 9.52 Å². The zero-order chi connectivity index (χ0) is 18.4. The van der Waals surface area contributed by atoms with Gasteiger partial charge in [-0.15, -0.1) is 11.3 Å². The van der Waals surface area contributed by atoms with Crippen molar-refractivity contribution >= 4 is 28.3 Å². The lowest BCUT2D eigenvalue weighted by Gasteiger charge is -2.29. The fraction of sp³-hybridized carbons (Fsp3) is 0.389.